The highest BCUT2D eigenvalue weighted by molar-refractivity contribution is 7.89. The molecule has 1 aromatic carbocycles. The van der Waals surface area contributed by atoms with Gasteiger partial charge < -0.3 is 14.2 Å². The van der Waals surface area contributed by atoms with Gasteiger partial charge in [-0.3, -0.25) is 0 Å². The molecule has 9 heteroatoms. The fraction of sp³-hybridized carbons (Fsp3) is 0.500. The van der Waals surface area contributed by atoms with Crippen LogP contribution in [0.4, 0.5) is 0 Å². The summed E-state index contributed by atoms with van der Waals surface area (Å²) < 4.78 is 42.2. The molecule has 1 fully saturated rings. The quantitative estimate of drug-likeness (QED) is 0.719. The Kier molecular flexibility index (Phi) is 6.38. The van der Waals surface area contributed by atoms with Crippen LogP contribution in [0.15, 0.2) is 23.1 Å². The number of hydrogen-bond acceptors (Lipinski definition) is 7. The lowest BCUT2D eigenvalue weighted by molar-refractivity contribution is -0.144. The molecule has 25 heavy (non-hydrogen) atoms. The van der Waals surface area contributed by atoms with Crippen LogP contribution >= 0.6 is 0 Å². The number of nitrogens with one attached hydrogen (secondary N) is 1. The van der Waals surface area contributed by atoms with Gasteiger partial charge >= 0.3 is 11.9 Å². The maximum absolute atomic E-state index is 12.6. The Hall–Kier alpha value is -2.13. The van der Waals surface area contributed by atoms with Gasteiger partial charge in [-0.1, -0.05) is 12.8 Å². The number of ether oxygens (including phenoxy) is 3. The predicted molar refractivity (Wildman–Crippen MR) is 87.9 cm³/mol. The average Bonchev–Trinajstić information content (AvgIpc) is 3.10. The molecule has 0 bridgehead atoms. The zero-order chi connectivity index (χ0) is 18.4. The van der Waals surface area contributed by atoms with Crippen molar-refractivity contribution in [3.05, 3.63) is 23.8 Å². The zero-order valence-electron chi connectivity index (χ0n) is 14.1. The van der Waals surface area contributed by atoms with Crippen LogP contribution in [0.2, 0.25) is 0 Å². The number of rotatable bonds is 7. The van der Waals surface area contributed by atoms with Crippen molar-refractivity contribution in [2.45, 2.75) is 36.6 Å². The molecule has 0 heterocycles. The SMILES string of the molecule is COC(=O)COC(=O)c1ccc(OC)c(S(=O)(=O)NC2CCCC2)c1. The Bertz CT molecular complexity index is 739. The summed E-state index contributed by atoms with van der Waals surface area (Å²) in [7, 11) is -1.34. The van der Waals surface area contributed by atoms with Crippen molar-refractivity contribution in [3.63, 3.8) is 0 Å². The standard InChI is InChI=1S/C16H21NO7S/c1-22-13-8-7-11(16(19)24-10-15(18)23-2)9-14(13)25(20,21)17-12-5-3-4-6-12/h7-9,12,17H,3-6,10H2,1-2H3. The smallest absolute Gasteiger partial charge is 0.344 e. The van der Waals surface area contributed by atoms with Gasteiger partial charge in [-0.25, -0.2) is 22.7 Å². The molecule has 0 aromatic heterocycles. The summed E-state index contributed by atoms with van der Waals surface area (Å²) in [5.41, 5.74) is -0.00324. The van der Waals surface area contributed by atoms with E-state index in [9.17, 15) is 18.0 Å². The summed E-state index contributed by atoms with van der Waals surface area (Å²) in [6.07, 6.45) is 3.51. The van der Waals surface area contributed by atoms with Crippen molar-refractivity contribution < 1.29 is 32.2 Å². The molecule has 1 aliphatic rings. The normalized spacial score (nSPS) is 15.0. The lowest BCUT2D eigenvalue weighted by atomic mass is 10.2. The van der Waals surface area contributed by atoms with E-state index in [0.717, 1.165) is 25.7 Å². The second kappa shape index (κ2) is 8.30. The first-order chi connectivity index (χ1) is 11.9. The Morgan fingerprint density at radius 2 is 1.88 bits per heavy atom. The van der Waals surface area contributed by atoms with Gasteiger partial charge in [-0.15, -0.1) is 0 Å². The number of sulfonamides is 1. The third kappa shape index (κ3) is 4.93. The van der Waals surface area contributed by atoms with E-state index in [1.807, 2.05) is 0 Å². The molecule has 2 rings (SSSR count). The minimum atomic E-state index is -3.85. The number of benzene rings is 1. The molecule has 0 radical (unpaired) electrons. The van der Waals surface area contributed by atoms with Crippen LogP contribution in [0.3, 0.4) is 0 Å². The monoisotopic (exact) mass is 371 g/mol. The number of hydrogen-bond donors (Lipinski definition) is 1. The third-order valence-corrected chi connectivity index (χ3v) is 5.46. The Morgan fingerprint density at radius 3 is 2.48 bits per heavy atom. The second-order valence-electron chi connectivity index (χ2n) is 5.62. The van der Waals surface area contributed by atoms with Crippen molar-refractivity contribution in [2.75, 3.05) is 20.8 Å². The van der Waals surface area contributed by atoms with E-state index in [4.69, 9.17) is 9.47 Å². The summed E-state index contributed by atoms with van der Waals surface area (Å²) in [5, 5.41) is 0. The summed E-state index contributed by atoms with van der Waals surface area (Å²) in [6, 6.07) is 3.80. The van der Waals surface area contributed by atoms with E-state index in [1.54, 1.807) is 0 Å². The van der Waals surface area contributed by atoms with Gasteiger partial charge in [0.2, 0.25) is 10.0 Å². The van der Waals surface area contributed by atoms with Crippen molar-refractivity contribution in [1.29, 1.82) is 0 Å². The topological polar surface area (TPSA) is 108 Å². The maximum Gasteiger partial charge on any atom is 0.344 e. The van der Waals surface area contributed by atoms with Crippen LogP contribution in [0.5, 0.6) is 5.75 Å². The van der Waals surface area contributed by atoms with Crippen LogP contribution in [0.1, 0.15) is 36.0 Å². The first-order valence-electron chi connectivity index (χ1n) is 7.81. The lowest BCUT2D eigenvalue weighted by Crippen LogP contribution is -2.33. The van der Waals surface area contributed by atoms with Gasteiger partial charge in [0.25, 0.3) is 0 Å². The fourth-order valence-electron chi connectivity index (χ4n) is 2.61. The number of esters is 2. The summed E-state index contributed by atoms with van der Waals surface area (Å²) in [5.74, 6) is -1.42. The third-order valence-electron chi connectivity index (χ3n) is 3.91. The molecule has 0 aliphatic heterocycles. The molecule has 0 spiro atoms. The molecule has 0 atom stereocenters. The summed E-state index contributed by atoms with van der Waals surface area (Å²) in [4.78, 5) is 22.9. The molecule has 0 saturated heterocycles. The van der Waals surface area contributed by atoms with Crippen molar-refractivity contribution in [1.82, 2.24) is 4.72 Å². The van der Waals surface area contributed by atoms with E-state index in [1.165, 1.54) is 32.4 Å². The highest BCUT2D eigenvalue weighted by Crippen LogP contribution is 2.27. The molecule has 0 amide bonds. The van der Waals surface area contributed by atoms with E-state index in [2.05, 4.69) is 9.46 Å². The van der Waals surface area contributed by atoms with Crippen LogP contribution in [-0.4, -0.2) is 47.2 Å². The largest absolute Gasteiger partial charge is 0.495 e. The second-order valence-corrected chi connectivity index (χ2v) is 7.30. The maximum atomic E-state index is 12.6. The highest BCUT2D eigenvalue weighted by Gasteiger charge is 2.27. The van der Waals surface area contributed by atoms with Crippen LogP contribution in [0.25, 0.3) is 0 Å². The van der Waals surface area contributed by atoms with E-state index in [-0.39, 0.29) is 22.3 Å². The summed E-state index contributed by atoms with van der Waals surface area (Å²) >= 11 is 0. The molecule has 0 unspecified atom stereocenters. The van der Waals surface area contributed by atoms with Crippen LogP contribution in [0, 0.1) is 0 Å². The molecular formula is C16H21NO7S. The molecule has 1 N–H and O–H groups in total. The van der Waals surface area contributed by atoms with E-state index in [0.29, 0.717) is 0 Å². The Labute approximate surface area is 146 Å². The molecular weight excluding hydrogens is 350 g/mol. The van der Waals surface area contributed by atoms with E-state index < -0.39 is 28.6 Å². The first kappa shape index (κ1) is 19.2. The van der Waals surface area contributed by atoms with Crippen molar-refractivity contribution in [2.24, 2.45) is 0 Å². The van der Waals surface area contributed by atoms with Gasteiger partial charge in [0.1, 0.15) is 10.6 Å². The van der Waals surface area contributed by atoms with Gasteiger partial charge in [0.15, 0.2) is 6.61 Å². The highest BCUT2D eigenvalue weighted by atomic mass is 32.2. The van der Waals surface area contributed by atoms with Crippen molar-refractivity contribution in [3.8, 4) is 5.75 Å². The Morgan fingerprint density at radius 1 is 1.20 bits per heavy atom. The van der Waals surface area contributed by atoms with Crippen molar-refractivity contribution >= 4 is 22.0 Å². The summed E-state index contributed by atoms with van der Waals surface area (Å²) in [6.45, 7) is -0.552. The number of carbonyl (C=O) groups excluding carboxylic acids is 2. The van der Waals surface area contributed by atoms with Crippen LogP contribution < -0.4 is 9.46 Å². The van der Waals surface area contributed by atoms with Gasteiger partial charge in [-0.2, -0.15) is 0 Å². The van der Waals surface area contributed by atoms with Gasteiger partial charge in [0.05, 0.1) is 19.8 Å². The Balaban J connectivity index is 2.23. The predicted octanol–water partition coefficient (Wildman–Crippen LogP) is 1.25. The van der Waals surface area contributed by atoms with Gasteiger partial charge in [-0.05, 0) is 31.0 Å². The lowest BCUT2D eigenvalue weighted by Gasteiger charge is -2.15. The van der Waals surface area contributed by atoms with E-state index >= 15 is 0 Å². The van der Waals surface area contributed by atoms with Gasteiger partial charge in [0, 0.05) is 6.04 Å². The molecule has 1 saturated carbocycles. The number of carbonyl (C=O) groups is 2. The first-order valence-corrected chi connectivity index (χ1v) is 9.30. The van der Waals surface area contributed by atoms with Crippen LogP contribution in [-0.2, 0) is 24.3 Å². The average molecular weight is 371 g/mol. The number of methoxy groups -OCH3 is 2. The fourth-order valence-corrected chi connectivity index (χ4v) is 4.11. The minimum Gasteiger partial charge on any atom is -0.495 e. The zero-order valence-corrected chi connectivity index (χ0v) is 14.9. The molecule has 1 aliphatic carbocycles. The molecule has 1 aromatic rings. The molecule has 8 nitrogen and oxygen atoms in total. The minimum absolute atomic E-state index is 0.00324. The molecule has 138 valence electrons.